The van der Waals surface area contributed by atoms with Gasteiger partial charge < -0.3 is 15.8 Å². The topological polar surface area (TPSA) is 81.4 Å². The first-order valence-corrected chi connectivity index (χ1v) is 8.48. The molecule has 0 unspecified atom stereocenters. The van der Waals surface area contributed by atoms with Crippen molar-refractivity contribution < 1.29 is 14.3 Å². The summed E-state index contributed by atoms with van der Waals surface area (Å²) in [4.78, 5) is 24.7. The van der Waals surface area contributed by atoms with Crippen LogP contribution in [0.3, 0.4) is 0 Å². The standard InChI is InChI=1S/C20H22N2O3/c21-19(23)18(22-20(24)16-12-7-13-25-16)17(14-8-3-1-4-9-14)15-10-5-2-6-11-15/h1-6,8-11,16-18H,7,12-13H2,(H2,21,23)(H,22,24)/t16-,18+/m1/s1. The lowest BCUT2D eigenvalue weighted by Crippen LogP contribution is -2.51. The monoisotopic (exact) mass is 338 g/mol. The van der Waals surface area contributed by atoms with Crippen LogP contribution in [0.25, 0.3) is 0 Å². The fourth-order valence-electron chi connectivity index (χ4n) is 3.25. The van der Waals surface area contributed by atoms with Crippen molar-refractivity contribution in [3.63, 3.8) is 0 Å². The molecule has 2 atom stereocenters. The highest BCUT2D eigenvalue weighted by atomic mass is 16.5. The maximum Gasteiger partial charge on any atom is 0.249 e. The van der Waals surface area contributed by atoms with Gasteiger partial charge in [0.25, 0.3) is 0 Å². The summed E-state index contributed by atoms with van der Waals surface area (Å²) in [5.41, 5.74) is 7.51. The van der Waals surface area contributed by atoms with Gasteiger partial charge in [0.2, 0.25) is 11.8 Å². The third-order valence-electron chi connectivity index (χ3n) is 4.48. The number of rotatable bonds is 6. The van der Waals surface area contributed by atoms with E-state index < -0.39 is 18.1 Å². The van der Waals surface area contributed by atoms with Crippen LogP contribution in [0.5, 0.6) is 0 Å². The Hall–Kier alpha value is -2.66. The van der Waals surface area contributed by atoms with Crippen LogP contribution in [-0.4, -0.2) is 30.6 Å². The summed E-state index contributed by atoms with van der Waals surface area (Å²) in [6.07, 6.45) is 1.01. The molecule has 0 aromatic heterocycles. The number of ether oxygens (including phenoxy) is 1. The molecular formula is C20H22N2O3. The lowest BCUT2D eigenvalue weighted by molar-refractivity contribution is -0.134. The van der Waals surface area contributed by atoms with Gasteiger partial charge in [0.05, 0.1) is 0 Å². The SMILES string of the molecule is NC(=O)[C@@H](NC(=O)[C@H]1CCCO1)C(c1ccccc1)c1ccccc1. The van der Waals surface area contributed by atoms with Gasteiger partial charge in [0.1, 0.15) is 12.1 Å². The van der Waals surface area contributed by atoms with Crippen LogP contribution < -0.4 is 11.1 Å². The van der Waals surface area contributed by atoms with E-state index in [0.29, 0.717) is 13.0 Å². The molecular weight excluding hydrogens is 316 g/mol. The maximum atomic E-state index is 12.5. The van der Waals surface area contributed by atoms with Crippen LogP contribution in [0.15, 0.2) is 60.7 Å². The van der Waals surface area contributed by atoms with Crippen LogP contribution in [0.4, 0.5) is 0 Å². The van der Waals surface area contributed by atoms with Crippen molar-refractivity contribution in [3.05, 3.63) is 71.8 Å². The van der Waals surface area contributed by atoms with E-state index in [1.54, 1.807) is 0 Å². The quantitative estimate of drug-likeness (QED) is 0.845. The summed E-state index contributed by atoms with van der Waals surface area (Å²) in [6.45, 7) is 0.570. The van der Waals surface area contributed by atoms with Crippen LogP contribution in [0.2, 0.25) is 0 Å². The molecule has 130 valence electrons. The van der Waals surface area contributed by atoms with E-state index in [4.69, 9.17) is 10.5 Å². The number of nitrogens with two attached hydrogens (primary N) is 1. The number of hydrogen-bond acceptors (Lipinski definition) is 3. The van der Waals surface area contributed by atoms with Crippen molar-refractivity contribution >= 4 is 11.8 Å². The zero-order valence-corrected chi connectivity index (χ0v) is 13.9. The lowest BCUT2D eigenvalue weighted by Gasteiger charge is -2.27. The Balaban J connectivity index is 1.93. The Morgan fingerprint density at radius 3 is 2.00 bits per heavy atom. The molecule has 5 nitrogen and oxygen atoms in total. The summed E-state index contributed by atoms with van der Waals surface area (Å²) in [5, 5.41) is 2.82. The second-order valence-corrected chi connectivity index (χ2v) is 6.19. The third kappa shape index (κ3) is 4.06. The molecule has 3 rings (SSSR count). The molecule has 0 spiro atoms. The van der Waals surface area contributed by atoms with Crippen LogP contribution in [0.1, 0.15) is 29.9 Å². The number of carbonyl (C=O) groups is 2. The first kappa shape index (κ1) is 17.2. The first-order valence-electron chi connectivity index (χ1n) is 8.48. The molecule has 2 amide bonds. The molecule has 1 aliphatic heterocycles. The molecule has 1 saturated heterocycles. The number of amides is 2. The van der Waals surface area contributed by atoms with Crippen molar-refractivity contribution in [3.8, 4) is 0 Å². The number of benzene rings is 2. The Kier molecular flexibility index (Phi) is 5.46. The summed E-state index contributed by atoms with van der Waals surface area (Å²) in [6, 6.07) is 18.4. The molecule has 3 N–H and O–H groups in total. The normalized spacial score (nSPS) is 18.0. The van der Waals surface area contributed by atoms with E-state index in [9.17, 15) is 9.59 Å². The average Bonchev–Trinajstić information content (AvgIpc) is 3.17. The van der Waals surface area contributed by atoms with E-state index in [1.165, 1.54) is 0 Å². The van der Waals surface area contributed by atoms with E-state index >= 15 is 0 Å². The average molecular weight is 338 g/mol. The number of primary amides is 1. The van der Waals surface area contributed by atoms with Crippen molar-refractivity contribution in [1.82, 2.24) is 5.32 Å². The molecule has 25 heavy (non-hydrogen) atoms. The van der Waals surface area contributed by atoms with Crippen LogP contribution in [-0.2, 0) is 14.3 Å². The molecule has 1 heterocycles. The molecule has 2 aromatic rings. The maximum absolute atomic E-state index is 12.5. The zero-order chi connectivity index (χ0) is 17.6. The Morgan fingerprint density at radius 1 is 1.00 bits per heavy atom. The van der Waals surface area contributed by atoms with E-state index in [1.807, 2.05) is 60.7 Å². The smallest absolute Gasteiger partial charge is 0.249 e. The summed E-state index contributed by atoms with van der Waals surface area (Å²) >= 11 is 0. The van der Waals surface area contributed by atoms with Crippen molar-refractivity contribution in [1.29, 1.82) is 0 Å². The van der Waals surface area contributed by atoms with Gasteiger partial charge in [-0.15, -0.1) is 0 Å². The highest BCUT2D eigenvalue weighted by Crippen LogP contribution is 2.28. The third-order valence-corrected chi connectivity index (χ3v) is 4.48. The van der Waals surface area contributed by atoms with Gasteiger partial charge in [0.15, 0.2) is 0 Å². The molecule has 0 saturated carbocycles. The van der Waals surface area contributed by atoms with Gasteiger partial charge in [-0.25, -0.2) is 0 Å². The van der Waals surface area contributed by atoms with E-state index in [0.717, 1.165) is 17.5 Å². The molecule has 1 fully saturated rings. The van der Waals surface area contributed by atoms with E-state index in [2.05, 4.69) is 5.32 Å². The Morgan fingerprint density at radius 2 is 1.56 bits per heavy atom. The largest absolute Gasteiger partial charge is 0.368 e. The van der Waals surface area contributed by atoms with Gasteiger partial charge >= 0.3 is 0 Å². The minimum atomic E-state index is -0.846. The predicted molar refractivity (Wildman–Crippen MR) is 94.8 cm³/mol. The molecule has 2 aromatic carbocycles. The first-order chi connectivity index (χ1) is 12.2. The minimum absolute atomic E-state index is 0.279. The number of hydrogen-bond donors (Lipinski definition) is 2. The minimum Gasteiger partial charge on any atom is -0.368 e. The second-order valence-electron chi connectivity index (χ2n) is 6.19. The highest BCUT2D eigenvalue weighted by Gasteiger charge is 2.33. The summed E-state index contributed by atoms with van der Waals surface area (Å²) in [7, 11) is 0. The molecule has 0 bridgehead atoms. The van der Waals surface area contributed by atoms with Gasteiger partial charge in [-0.3, -0.25) is 9.59 Å². The van der Waals surface area contributed by atoms with Gasteiger partial charge in [-0.2, -0.15) is 0 Å². The summed E-state index contributed by atoms with van der Waals surface area (Å²) in [5.74, 6) is -1.20. The fraction of sp³-hybridized carbons (Fsp3) is 0.300. The summed E-state index contributed by atoms with van der Waals surface area (Å²) < 4.78 is 5.42. The highest BCUT2D eigenvalue weighted by molar-refractivity contribution is 5.89. The fourth-order valence-corrected chi connectivity index (χ4v) is 3.25. The Bertz CT molecular complexity index is 673. The Labute approximate surface area is 147 Å². The van der Waals surface area contributed by atoms with Crippen molar-refractivity contribution in [2.75, 3.05) is 6.61 Å². The number of carbonyl (C=O) groups excluding carboxylic acids is 2. The van der Waals surface area contributed by atoms with Crippen molar-refractivity contribution in [2.45, 2.75) is 30.9 Å². The predicted octanol–water partition coefficient (Wildman–Crippen LogP) is 1.97. The van der Waals surface area contributed by atoms with Gasteiger partial charge in [-0.05, 0) is 24.0 Å². The molecule has 0 radical (unpaired) electrons. The van der Waals surface area contributed by atoms with Crippen molar-refractivity contribution in [2.24, 2.45) is 5.73 Å². The van der Waals surface area contributed by atoms with Crippen LogP contribution >= 0.6 is 0 Å². The molecule has 5 heteroatoms. The van der Waals surface area contributed by atoms with E-state index in [-0.39, 0.29) is 11.8 Å². The zero-order valence-electron chi connectivity index (χ0n) is 13.9. The van der Waals surface area contributed by atoms with Crippen LogP contribution in [0, 0.1) is 0 Å². The lowest BCUT2D eigenvalue weighted by atomic mass is 9.84. The molecule has 0 aliphatic carbocycles. The second kappa shape index (κ2) is 7.94. The van der Waals surface area contributed by atoms with Gasteiger partial charge in [0, 0.05) is 12.5 Å². The number of nitrogens with one attached hydrogen (secondary N) is 1. The molecule has 1 aliphatic rings. The van der Waals surface area contributed by atoms with Gasteiger partial charge in [-0.1, -0.05) is 60.7 Å².